The quantitative estimate of drug-likeness (QED) is 0.842. The van der Waals surface area contributed by atoms with Gasteiger partial charge in [0, 0.05) is 6.07 Å². The molecule has 0 N–H and O–H groups in total. The molecule has 0 fully saturated rings. The van der Waals surface area contributed by atoms with Crippen molar-refractivity contribution in [1.82, 2.24) is 0 Å². The molecule has 2 rings (SSSR count). The van der Waals surface area contributed by atoms with Gasteiger partial charge in [0.15, 0.2) is 6.10 Å². The third kappa shape index (κ3) is 1.98. The van der Waals surface area contributed by atoms with Gasteiger partial charge < -0.3 is 9.47 Å². The first-order chi connectivity index (χ1) is 8.10. The summed E-state index contributed by atoms with van der Waals surface area (Å²) >= 11 is 12.1. The van der Waals surface area contributed by atoms with Gasteiger partial charge in [0.25, 0.3) is 0 Å². The molecule has 0 saturated heterocycles. The highest BCUT2D eigenvalue weighted by Gasteiger charge is 2.35. The number of rotatable bonds is 3. The Balaban J connectivity index is 2.48. The van der Waals surface area contributed by atoms with E-state index in [-0.39, 0.29) is 15.8 Å². The maximum Gasteiger partial charge on any atom is 0.208 e. The van der Waals surface area contributed by atoms with E-state index in [4.69, 9.17) is 32.7 Å². The first-order valence-corrected chi connectivity index (χ1v) is 6.12. The normalized spacial score (nSPS) is 17.9. The molecule has 0 amide bonds. The van der Waals surface area contributed by atoms with Crippen molar-refractivity contribution in [2.45, 2.75) is 25.9 Å². The lowest BCUT2D eigenvalue weighted by Gasteiger charge is -2.08. The van der Waals surface area contributed by atoms with Crippen LogP contribution in [-0.4, -0.2) is 19.0 Å². The summed E-state index contributed by atoms with van der Waals surface area (Å²) in [5, 5.41) is 0.464. The predicted molar refractivity (Wildman–Crippen MR) is 66.7 cm³/mol. The maximum atomic E-state index is 12.1. The Kier molecular flexibility index (Phi) is 3.50. The van der Waals surface area contributed by atoms with Crippen LogP contribution in [0.15, 0.2) is 6.07 Å². The van der Waals surface area contributed by atoms with Crippen molar-refractivity contribution in [3.8, 4) is 11.5 Å². The third-order valence-electron chi connectivity index (χ3n) is 2.72. The molecule has 1 aliphatic rings. The van der Waals surface area contributed by atoms with E-state index in [1.165, 1.54) is 7.11 Å². The van der Waals surface area contributed by atoms with Crippen molar-refractivity contribution < 1.29 is 14.3 Å². The largest absolute Gasteiger partial charge is 0.495 e. The summed E-state index contributed by atoms with van der Waals surface area (Å²) in [7, 11) is 1.49. The summed E-state index contributed by atoms with van der Waals surface area (Å²) in [6, 6.07) is 1.61. The number of benzene rings is 1. The Labute approximate surface area is 110 Å². The van der Waals surface area contributed by atoms with Gasteiger partial charge in [0.1, 0.15) is 16.5 Å². The van der Waals surface area contributed by atoms with Gasteiger partial charge in [0.2, 0.25) is 5.78 Å². The van der Waals surface area contributed by atoms with E-state index in [1.807, 2.05) is 6.92 Å². The molecule has 1 aromatic carbocycles. The van der Waals surface area contributed by atoms with E-state index in [2.05, 4.69) is 0 Å². The van der Waals surface area contributed by atoms with Gasteiger partial charge in [-0.1, -0.05) is 36.5 Å². The smallest absolute Gasteiger partial charge is 0.208 e. The zero-order valence-electron chi connectivity index (χ0n) is 9.55. The highest BCUT2D eigenvalue weighted by Crippen LogP contribution is 2.44. The van der Waals surface area contributed by atoms with Gasteiger partial charge >= 0.3 is 0 Å². The van der Waals surface area contributed by atoms with Crippen molar-refractivity contribution in [3.63, 3.8) is 0 Å². The lowest BCUT2D eigenvalue weighted by atomic mass is 10.1. The number of hydrogen-bond donors (Lipinski definition) is 0. The number of hydrogen-bond acceptors (Lipinski definition) is 3. The van der Waals surface area contributed by atoms with Crippen LogP contribution in [-0.2, 0) is 0 Å². The molecule has 0 radical (unpaired) electrons. The SMILES string of the molecule is CCCC1Oc2cc(OC)c(Cl)c(Cl)c2C1=O. The highest BCUT2D eigenvalue weighted by atomic mass is 35.5. The minimum Gasteiger partial charge on any atom is -0.495 e. The van der Waals surface area contributed by atoms with E-state index in [0.29, 0.717) is 23.5 Å². The second kappa shape index (κ2) is 4.75. The van der Waals surface area contributed by atoms with Crippen LogP contribution < -0.4 is 9.47 Å². The molecule has 92 valence electrons. The van der Waals surface area contributed by atoms with E-state index in [0.717, 1.165) is 6.42 Å². The molecule has 17 heavy (non-hydrogen) atoms. The zero-order valence-corrected chi connectivity index (χ0v) is 11.1. The van der Waals surface area contributed by atoms with Crippen LogP contribution in [0, 0.1) is 0 Å². The molecule has 1 aliphatic heterocycles. The van der Waals surface area contributed by atoms with Crippen molar-refractivity contribution in [1.29, 1.82) is 0 Å². The summed E-state index contributed by atoms with van der Waals surface area (Å²) in [6.07, 6.45) is 1.09. The average Bonchev–Trinajstić information content (AvgIpc) is 2.62. The number of halogens is 2. The monoisotopic (exact) mass is 274 g/mol. The van der Waals surface area contributed by atoms with Crippen LogP contribution in [0.25, 0.3) is 0 Å². The third-order valence-corrected chi connectivity index (χ3v) is 3.57. The van der Waals surface area contributed by atoms with Crippen molar-refractivity contribution in [2.24, 2.45) is 0 Å². The van der Waals surface area contributed by atoms with Crippen LogP contribution in [0.4, 0.5) is 0 Å². The van der Waals surface area contributed by atoms with Gasteiger partial charge in [-0.15, -0.1) is 0 Å². The van der Waals surface area contributed by atoms with Crippen LogP contribution in [0.3, 0.4) is 0 Å². The van der Waals surface area contributed by atoms with Crippen LogP contribution in [0.5, 0.6) is 11.5 Å². The Morgan fingerprint density at radius 2 is 2.12 bits per heavy atom. The summed E-state index contributed by atoms with van der Waals surface area (Å²) < 4.78 is 10.6. The minimum atomic E-state index is -0.448. The molecule has 0 spiro atoms. The molecule has 0 aromatic heterocycles. The number of carbonyl (C=O) groups is 1. The van der Waals surface area contributed by atoms with Crippen LogP contribution in [0.2, 0.25) is 10.0 Å². The topological polar surface area (TPSA) is 35.5 Å². The van der Waals surface area contributed by atoms with Gasteiger partial charge in [-0.3, -0.25) is 4.79 Å². The fourth-order valence-corrected chi connectivity index (χ4v) is 2.38. The molecule has 1 heterocycles. The van der Waals surface area contributed by atoms with E-state index >= 15 is 0 Å². The number of fused-ring (bicyclic) bond motifs is 1. The van der Waals surface area contributed by atoms with Crippen molar-refractivity contribution in [3.05, 3.63) is 21.7 Å². The first kappa shape index (κ1) is 12.5. The second-order valence-corrected chi connectivity index (χ2v) is 4.60. The Bertz CT molecular complexity index is 471. The molecule has 0 bridgehead atoms. The Morgan fingerprint density at radius 1 is 1.41 bits per heavy atom. The molecular weight excluding hydrogens is 263 g/mol. The lowest BCUT2D eigenvalue weighted by Crippen LogP contribution is -2.19. The fourth-order valence-electron chi connectivity index (χ4n) is 1.87. The summed E-state index contributed by atoms with van der Waals surface area (Å²) in [4.78, 5) is 12.1. The molecule has 0 saturated carbocycles. The van der Waals surface area contributed by atoms with E-state index < -0.39 is 6.10 Å². The highest BCUT2D eigenvalue weighted by molar-refractivity contribution is 6.45. The average molecular weight is 275 g/mol. The fraction of sp³-hybridized carbons (Fsp3) is 0.417. The van der Waals surface area contributed by atoms with Gasteiger partial charge in [-0.05, 0) is 6.42 Å². The van der Waals surface area contributed by atoms with Crippen molar-refractivity contribution >= 4 is 29.0 Å². The molecule has 5 heteroatoms. The summed E-state index contributed by atoms with van der Waals surface area (Å²) in [6.45, 7) is 1.99. The first-order valence-electron chi connectivity index (χ1n) is 5.37. The Hall–Kier alpha value is -0.930. The second-order valence-electron chi connectivity index (χ2n) is 3.84. The molecule has 3 nitrogen and oxygen atoms in total. The van der Waals surface area contributed by atoms with E-state index in [1.54, 1.807) is 6.07 Å². The maximum absolute atomic E-state index is 12.1. The van der Waals surface area contributed by atoms with E-state index in [9.17, 15) is 4.79 Å². The number of ketones is 1. The van der Waals surface area contributed by atoms with Crippen LogP contribution in [0.1, 0.15) is 30.1 Å². The molecular formula is C12H12Cl2O3. The Morgan fingerprint density at radius 3 is 2.71 bits per heavy atom. The molecule has 1 atom stereocenters. The molecule has 1 unspecified atom stereocenters. The van der Waals surface area contributed by atoms with Gasteiger partial charge in [-0.25, -0.2) is 0 Å². The lowest BCUT2D eigenvalue weighted by molar-refractivity contribution is 0.0845. The zero-order chi connectivity index (χ0) is 12.6. The summed E-state index contributed by atoms with van der Waals surface area (Å²) in [5.74, 6) is 0.775. The van der Waals surface area contributed by atoms with Crippen molar-refractivity contribution in [2.75, 3.05) is 7.11 Å². The predicted octanol–water partition coefficient (Wildman–Crippen LogP) is 3.75. The number of methoxy groups -OCH3 is 1. The van der Waals surface area contributed by atoms with Gasteiger partial charge in [-0.2, -0.15) is 0 Å². The standard InChI is InChI=1S/C12H12Cl2O3/c1-3-4-6-12(15)9-7(17-6)5-8(16-2)10(13)11(9)14/h5-6H,3-4H2,1-2H3. The number of ether oxygens (including phenoxy) is 2. The molecule has 0 aliphatic carbocycles. The van der Waals surface area contributed by atoms with Gasteiger partial charge in [0.05, 0.1) is 17.7 Å². The minimum absolute atomic E-state index is 0.101. The number of carbonyl (C=O) groups excluding carboxylic acids is 1. The summed E-state index contributed by atoms with van der Waals surface area (Å²) in [5.41, 5.74) is 0.371. The molecule has 1 aromatic rings. The number of Topliss-reactive ketones (excluding diaryl/α,β-unsaturated/α-hetero) is 1. The van der Waals surface area contributed by atoms with Crippen LogP contribution >= 0.6 is 23.2 Å².